The molecule has 0 saturated carbocycles. The van der Waals surface area contributed by atoms with Crippen LogP contribution in [0.25, 0.3) is 0 Å². The van der Waals surface area contributed by atoms with Gasteiger partial charge in [-0.15, -0.1) is 0 Å². The zero-order chi connectivity index (χ0) is 13.9. The van der Waals surface area contributed by atoms with Gasteiger partial charge in [0.15, 0.2) is 0 Å². The molecule has 0 amide bonds. The van der Waals surface area contributed by atoms with Crippen LogP contribution in [0.3, 0.4) is 0 Å². The zero-order valence-corrected chi connectivity index (χ0v) is 10.7. The molecule has 1 rings (SSSR count). The summed E-state index contributed by atoms with van der Waals surface area (Å²) >= 11 is 0. The number of ether oxygens (including phenoxy) is 1. The molecular weight excluding hydrogens is 284 g/mol. The first kappa shape index (κ1) is 14.2. The van der Waals surface area contributed by atoms with E-state index in [9.17, 15) is 18.5 Å². The number of rotatable bonds is 4. The molecule has 0 aliphatic heterocycles. The molecule has 0 aliphatic carbocycles. The minimum atomic E-state index is -4.20. The topological polar surface area (TPSA) is 110 Å². The normalized spacial score (nSPS) is 10.7. The van der Waals surface area contributed by atoms with Crippen molar-refractivity contribution < 1.29 is 18.1 Å². The van der Waals surface area contributed by atoms with Gasteiger partial charge in [-0.3, -0.25) is 10.1 Å². The van der Waals surface area contributed by atoms with E-state index in [0.29, 0.717) is 0 Å². The fraction of sp³-hybridized carbons (Fsp3) is 0.222. The van der Waals surface area contributed by atoms with Crippen molar-refractivity contribution in [2.24, 2.45) is 0 Å². The first-order valence-corrected chi connectivity index (χ1v) is 6.92. The van der Waals surface area contributed by atoms with E-state index in [1.807, 2.05) is 0 Å². The van der Waals surface area contributed by atoms with Crippen molar-refractivity contribution in [2.45, 2.75) is 11.8 Å². The lowest BCUT2D eigenvalue weighted by Crippen LogP contribution is -2.05. The Morgan fingerprint density at radius 2 is 2.17 bits per heavy atom. The van der Waals surface area contributed by atoms with Crippen LogP contribution in [0.1, 0.15) is 12.5 Å². The molecule has 9 heteroatoms. The van der Waals surface area contributed by atoms with E-state index in [-0.39, 0.29) is 12.2 Å². The van der Waals surface area contributed by atoms with Crippen molar-refractivity contribution in [2.75, 3.05) is 6.61 Å². The standard InChI is InChI=1S/C9H7ClN2O5S/c1-2-17-9-7(18(10,15)16)4-3-6(5-11)8(9)12(13)14/h3-4H,2H2,1H3. The van der Waals surface area contributed by atoms with Crippen molar-refractivity contribution in [1.82, 2.24) is 0 Å². The molecule has 96 valence electrons. The van der Waals surface area contributed by atoms with Gasteiger partial charge in [0, 0.05) is 10.7 Å². The molecule has 0 bridgehead atoms. The van der Waals surface area contributed by atoms with Gasteiger partial charge in [0.2, 0.25) is 5.75 Å². The van der Waals surface area contributed by atoms with E-state index in [1.165, 1.54) is 6.92 Å². The Balaban J connectivity index is 3.75. The van der Waals surface area contributed by atoms with Crippen LogP contribution in [-0.2, 0) is 9.05 Å². The lowest BCUT2D eigenvalue weighted by molar-refractivity contribution is -0.386. The smallest absolute Gasteiger partial charge is 0.329 e. The van der Waals surface area contributed by atoms with Gasteiger partial charge in [0.1, 0.15) is 16.5 Å². The van der Waals surface area contributed by atoms with Crippen LogP contribution in [0.5, 0.6) is 5.75 Å². The van der Waals surface area contributed by atoms with Crippen LogP contribution in [0.4, 0.5) is 5.69 Å². The minimum absolute atomic E-state index is 0.00483. The number of hydrogen-bond acceptors (Lipinski definition) is 6. The van der Waals surface area contributed by atoms with Crippen LogP contribution >= 0.6 is 10.7 Å². The molecule has 0 spiro atoms. The number of nitro benzene ring substituents is 1. The second-order valence-corrected chi connectivity index (χ2v) is 5.56. The SMILES string of the molecule is CCOc1c(S(=O)(=O)Cl)ccc(C#N)c1[N+](=O)[O-]. The van der Waals surface area contributed by atoms with Gasteiger partial charge in [-0.2, -0.15) is 5.26 Å². The summed E-state index contributed by atoms with van der Waals surface area (Å²) in [6, 6.07) is 3.60. The maximum atomic E-state index is 11.3. The molecule has 0 aromatic heterocycles. The summed E-state index contributed by atoms with van der Waals surface area (Å²) < 4.78 is 27.5. The van der Waals surface area contributed by atoms with Crippen molar-refractivity contribution in [3.8, 4) is 11.8 Å². The predicted molar refractivity (Wildman–Crippen MR) is 62.0 cm³/mol. The monoisotopic (exact) mass is 290 g/mol. The summed E-state index contributed by atoms with van der Waals surface area (Å²) in [5.41, 5.74) is -1.01. The molecule has 0 saturated heterocycles. The number of nitrogens with zero attached hydrogens (tertiary/aromatic N) is 2. The molecule has 1 aromatic rings. The first-order valence-electron chi connectivity index (χ1n) is 4.61. The highest BCUT2D eigenvalue weighted by Gasteiger charge is 2.29. The summed E-state index contributed by atoms with van der Waals surface area (Å²) in [5.74, 6) is -0.517. The third-order valence-corrected chi connectivity index (χ3v) is 3.30. The second kappa shape index (κ2) is 5.20. The minimum Gasteiger partial charge on any atom is -0.486 e. The van der Waals surface area contributed by atoms with Crippen molar-refractivity contribution >= 4 is 25.4 Å². The molecule has 0 heterocycles. The lowest BCUT2D eigenvalue weighted by atomic mass is 10.2. The second-order valence-electron chi connectivity index (χ2n) is 3.03. The largest absolute Gasteiger partial charge is 0.486 e. The molecular formula is C9H7ClN2O5S. The van der Waals surface area contributed by atoms with Crippen LogP contribution in [0.15, 0.2) is 17.0 Å². The van der Waals surface area contributed by atoms with Gasteiger partial charge in [-0.1, -0.05) is 0 Å². The van der Waals surface area contributed by atoms with Crippen molar-refractivity contribution in [3.63, 3.8) is 0 Å². The molecule has 0 radical (unpaired) electrons. The van der Waals surface area contributed by atoms with Crippen molar-refractivity contribution in [1.29, 1.82) is 5.26 Å². The Bertz CT molecular complexity index is 635. The zero-order valence-electron chi connectivity index (χ0n) is 9.08. The van der Waals surface area contributed by atoms with E-state index in [4.69, 9.17) is 20.7 Å². The molecule has 1 aromatic carbocycles. The highest BCUT2D eigenvalue weighted by atomic mass is 35.7. The molecule has 0 unspecified atom stereocenters. The Morgan fingerprint density at radius 1 is 1.56 bits per heavy atom. The molecule has 0 atom stereocenters. The van der Waals surface area contributed by atoms with E-state index < -0.39 is 30.3 Å². The summed E-state index contributed by atoms with van der Waals surface area (Å²) in [6.45, 7) is 1.52. The highest BCUT2D eigenvalue weighted by Crippen LogP contribution is 2.38. The van der Waals surface area contributed by atoms with Gasteiger partial charge in [0.05, 0.1) is 11.5 Å². The maximum Gasteiger partial charge on any atom is 0.329 e. The average Bonchev–Trinajstić information content (AvgIpc) is 2.26. The van der Waals surface area contributed by atoms with E-state index >= 15 is 0 Å². The molecule has 7 nitrogen and oxygen atoms in total. The number of nitro groups is 1. The Morgan fingerprint density at radius 3 is 2.56 bits per heavy atom. The summed E-state index contributed by atoms with van der Waals surface area (Å²) in [6.07, 6.45) is 0. The highest BCUT2D eigenvalue weighted by molar-refractivity contribution is 8.13. The van der Waals surface area contributed by atoms with Crippen LogP contribution < -0.4 is 4.74 Å². The molecule has 0 N–H and O–H groups in total. The Labute approximate surface area is 107 Å². The molecule has 0 fully saturated rings. The van der Waals surface area contributed by atoms with E-state index in [0.717, 1.165) is 12.1 Å². The maximum absolute atomic E-state index is 11.3. The summed E-state index contributed by atoms with van der Waals surface area (Å²) in [5, 5.41) is 19.7. The predicted octanol–water partition coefficient (Wildman–Crippen LogP) is 1.79. The number of nitriles is 1. The number of hydrogen-bond donors (Lipinski definition) is 0. The van der Waals surface area contributed by atoms with Gasteiger partial charge in [-0.25, -0.2) is 8.42 Å². The van der Waals surface area contributed by atoms with E-state index in [2.05, 4.69) is 0 Å². The molecule has 18 heavy (non-hydrogen) atoms. The first-order chi connectivity index (χ1) is 8.32. The quantitative estimate of drug-likeness (QED) is 0.475. The lowest BCUT2D eigenvalue weighted by Gasteiger charge is -2.08. The van der Waals surface area contributed by atoms with Gasteiger partial charge < -0.3 is 4.74 Å². The van der Waals surface area contributed by atoms with Gasteiger partial charge in [-0.05, 0) is 19.1 Å². The van der Waals surface area contributed by atoms with Crippen molar-refractivity contribution in [3.05, 3.63) is 27.8 Å². The van der Waals surface area contributed by atoms with Crippen LogP contribution in [0.2, 0.25) is 0 Å². The van der Waals surface area contributed by atoms with Gasteiger partial charge >= 0.3 is 5.69 Å². The summed E-state index contributed by atoms with van der Waals surface area (Å²) in [4.78, 5) is 9.48. The Kier molecular flexibility index (Phi) is 4.11. The number of halogens is 1. The average molecular weight is 291 g/mol. The van der Waals surface area contributed by atoms with Gasteiger partial charge in [0.25, 0.3) is 9.05 Å². The van der Waals surface area contributed by atoms with E-state index in [1.54, 1.807) is 6.07 Å². The third-order valence-electron chi connectivity index (χ3n) is 1.95. The van der Waals surface area contributed by atoms with Crippen LogP contribution in [0, 0.1) is 21.4 Å². The Hall–Kier alpha value is -1.85. The fourth-order valence-corrected chi connectivity index (χ4v) is 2.27. The third kappa shape index (κ3) is 2.69. The summed E-state index contributed by atoms with van der Waals surface area (Å²) in [7, 11) is 0.955. The fourth-order valence-electron chi connectivity index (χ4n) is 1.30. The van der Waals surface area contributed by atoms with Crippen LogP contribution in [-0.4, -0.2) is 19.9 Å². The number of benzene rings is 1. The molecule has 0 aliphatic rings.